The summed E-state index contributed by atoms with van der Waals surface area (Å²) in [6.07, 6.45) is 3.33. The number of piperidine rings is 2. The molecule has 2 atom stereocenters. The van der Waals surface area contributed by atoms with Crippen molar-refractivity contribution in [2.45, 2.75) is 31.8 Å². The van der Waals surface area contributed by atoms with E-state index in [1.807, 2.05) is 12.1 Å². The topological polar surface area (TPSA) is 32.8 Å². The number of rotatable bonds is 5. The number of benzene rings is 1. The van der Waals surface area contributed by atoms with Gasteiger partial charge in [-0.1, -0.05) is 23.7 Å². The Bertz CT molecular complexity index is 767. The first-order chi connectivity index (χ1) is 13.2. The molecule has 3 heterocycles. The lowest BCUT2D eigenvalue weighted by Gasteiger charge is -2.47. The summed E-state index contributed by atoms with van der Waals surface area (Å²) < 4.78 is 5.69. The van der Waals surface area contributed by atoms with Crippen molar-refractivity contribution in [1.29, 1.82) is 0 Å². The number of halogens is 1. The molecule has 1 aromatic carbocycles. The summed E-state index contributed by atoms with van der Waals surface area (Å²) in [6, 6.07) is 9.86. The normalized spacial score (nSPS) is 23.1. The molecule has 4 nitrogen and oxygen atoms in total. The second-order valence-corrected chi connectivity index (χ2v) is 8.62. The highest BCUT2D eigenvalue weighted by molar-refractivity contribution is 7.07. The smallest absolute Gasteiger partial charge is 0.260 e. The van der Waals surface area contributed by atoms with Crippen LogP contribution in [0, 0.1) is 5.92 Å². The number of hydrogen-bond acceptors (Lipinski definition) is 4. The molecular formula is C21H25ClN2O2S. The third kappa shape index (κ3) is 4.48. The predicted molar refractivity (Wildman–Crippen MR) is 109 cm³/mol. The summed E-state index contributed by atoms with van der Waals surface area (Å²) in [7, 11) is 0. The van der Waals surface area contributed by atoms with Crippen molar-refractivity contribution in [3.05, 3.63) is 51.7 Å². The highest BCUT2D eigenvalue weighted by atomic mass is 35.5. The number of nitrogens with zero attached hydrogens (tertiary/aromatic N) is 2. The lowest BCUT2D eigenvalue weighted by Crippen LogP contribution is -2.56. The zero-order valence-corrected chi connectivity index (χ0v) is 16.9. The Balaban J connectivity index is 1.34. The predicted octanol–water partition coefficient (Wildman–Crippen LogP) is 4.29. The van der Waals surface area contributed by atoms with E-state index in [4.69, 9.17) is 16.3 Å². The average molecular weight is 405 g/mol. The number of thiophene rings is 1. The number of carbonyl (C=O) groups is 1. The minimum atomic E-state index is 0.0611. The first-order valence-corrected chi connectivity index (χ1v) is 10.9. The van der Waals surface area contributed by atoms with Gasteiger partial charge in [0.25, 0.3) is 5.91 Å². The van der Waals surface area contributed by atoms with E-state index in [-0.39, 0.29) is 12.5 Å². The van der Waals surface area contributed by atoms with Gasteiger partial charge in [0.15, 0.2) is 6.61 Å². The number of hydrogen-bond donors (Lipinski definition) is 0. The largest absolute Gasteiger partial charge is 0.482 e. The molecule has 2 aromatic rings. The van der Waals surface area contributed by atoms with Crippen LogP contribution < -0.4 is 4.74 Å². The maximum Gasteiger partial charge on any atom is 0.260 e. The molecule has 0 radical (unpaired) electrons. The van der Waals surface area contributed by atoms with Gasteiger partial charge in [-0.3, -0.25) is 9.69 Å². The van der Waals surface area contributed by atoms with Gasteiger partial charge in [-0.05, 0) is 59.7 Å². The van der Waals surface area contributed by atoms with Gasteiger partial charge in [-0.15, -0.1) is 0 Å². The summed E-state index contributed by atoms with van der Waals surface area (Å²) in [5.74, 6) is 1.22. The SMILES string of the molecule is O=C(COc1ccccc1Cl)N1CCC[C@@H]2CN(Cc3ccsc3)CC[C@H]21. The van der Waals surface area contributed by atoms with Crippen LogP contribution >= 0.6 is 22.9 Å². The van der Waals surface area contributed by atoms with Crippen LogP contribution in [0.1, 0.15) is 24.8 Å². The fourth-order valence-corrected chi connectivity index (χ4v) is 5.21. The van der Waals surface area contributed by atoms with Crippen molar-refractivity contribution in [2.24, 2.45) is 5.92 Å². The Morgan fingerprint density at radius 2 is 2.11 bits per heavy atom. The molecule has 6 heteroatoms. The van der Waals surface area contributed by atoms with Crippen LogP contribution in [0.25, 0.3) is 0 Å². The summed E-state index contributed by atoms with van der Waals surface area (Å²) in [5, 5.41) is 4.92. The molecule has 4 rings (SSSR count). The molecular weight excluding hydrogens is 380 g/mol. The van der Waals surface area contributed by atoms with Crippen LogP contribution in [0.5, 0.6) is 5.75 Å². The fourth-order valence-electron chi connectivity index (χ4n) is 4.36. The maximum absolute atomic E-state index is 12.8. The quantitative estimate of drug-likeness (QED) is 0.745. The lowest BCUT2D eigenvalue weighted by molar-refractivity contribution is -0.140. The Morgan fingerprint density at radius 1 is 1.22 bits per heavy atom. The molecule has 144 valence electrons. The standard InChI is InChI=1S/C21H25ClN2O2S/c22-18-5-1-2-6-20(18)26-14-21(25)24-9-3-4-17-13-23(10-7-19(17)24)12-16-8-11-27-15-16/h1-2,5-6,8,11,15,17,19H,3-4,7,9-10,12-14H2/t17-,19-/m1/s1. The van der Waals surface area contributed by atoms with Crippen molar-refractivity contribution in [3.8, 4) is 5.75 Å². The van der Waals surface area contributed by atoms with E-state index < -0.39 is 0 Å². The monoisotopic (exact) mass is 404 g/mol. The minimum absolute atomic E-state index is 0.0611. The first kappa shape index (κ1) is 18.8. The highest BCUT2D eigenvalue weighted by Gasteiger charge is 2.38. The third-order valence-corrected chi connectivity index (χ3v) is 6.69. The van der Waals surface area contributed by atoms with E-state index in [0.717, 1.165) is 39.0 Å². The Morgan fingerprint density at radius 3 is 2.93 bits per heavy atom. The van der Waals surface area contributed by atoms with Crippen LogP contribution in [0.2, 0.25) is 5.02 Å². The van der Waals surface area contributed by atoms with Crippen molar-refractivity contribution < 1.29 is 9.53 Å². The lowest BCUT2D eigenvalue weighted by atomic mass is 9.83. The number of para-hydroxylation sites is 1. The van der Waals surface area contributed by atoms with E-state index in [1.165, 1.54) is 12.0 Å². The van der Waals surface area contributed by atoms with Gasteiger partial charge in [0, 0.05) is 32.2 Å². The van der Waals surface area contributed by atoms with Crippen molar-refractivity contribution >= 4 is 28.8 Å². The fraction of sp³-hybridized carbons (Fsp3) is 0.476. The molecule has 0 unspecified atom stereocenters. The molecule has 2 saturated heterocycles. The Hall–Kier alpha value is -1.56. The second-order valence-electron chi connectivity index (χ2n) is 7.43. The van der Waals surface area contributed by atoms with E-state index in [9.17, 15) is 4.79 Å². The summed E-state index contributed by atoms with van der Waals surface area (Å²) in [4.78, 5) is 17.4. The Kier molecular flexibility index (Phi) is 6.01. The minimum Gasteiger partial charge on any atom is -0.482 e. The average Bonchev–Trinajstić information content (AvgIpc) is 3.19. The molecule has 2 aliphatic rings. The third-order valence-electron chi connectivity index (χ3n) is 5.65. The molecule has 27 heavy (non-hydrogen) atoms. The number of amides is 1. The number of carbonyl (C=O) groups excluding carboxylic acids is 1. The molecule has 1 amide bonds. The molecule has 2 aliphatic heterocycles. The summed E-state index contributed by atoms with van der Waals surface area (Å²) in [6.45, 7) is 4.06. The molecule has 1 aromatic heterocycles. The van der Waals surface area contributed by atoms with Crippen LogP contribution in [-0.4, -0.2) is 48.0 Å². The van der Waals surface area contributed by atoms with Gasteiger partial charge in [0.2, 0.25) is 0 Å². The van der Waals surface area contributed by atoms with Gasteiger partial charge < -0.3 is 9.64 Å². The Labute approximate surface area is 169 Å². The van der Waals surface area contributed by atoms with E-state index in [0.29, 0.717) is 22.7 Å². The zero-order valence-electron chi connectivity index (χ0n) is 15.4. The van der Waals surface area contributed by atoms with Crippen LogP contribution in [0.15, 0.2) is 41.1 Å². The van der Waals surface area contributed by atoms with E-state index in [1.54, 1.807) is 23.5 Å². The van der Waals surface area contributed by atoms with Gasteiger partial charge in [0.1, 0.15) is 5.75 Å². The molecule has 0 bridgehead atoms. The molecule has 0 spiro atoms. The molecule has 2 fully saturated rings. The van der Waals surface area contributed by atoms with Crippen LogP contribution in [0.4, 0.5) is 0 Å². The van der Waals surface area contributed by atoms with Crippen molar-refractivity contribution in [2.75, 3.05) is 26.2 Å². The van der Waals surface area contributed by atoms with E-state index in [2.05, 4.69) is 26.6 Å². The van der Waals surface area contributed by atoms with Crippen molar-refractivity contribution in [1.82, 2.24) is 9.80 Å². The summed E-state index contributed by atoms with van der Waals surface area (Å²) in [5.41, 5.74) is 1.40. The maximum atomic E-state index is 12.8. The second kappa shape index (κ2) is 8.63. The van der Waals surface area contributed by atoms with E-state index >= 15 is 0 Å². The number of fused-ring (bicyclic) bond motifs is 1. The zero-order chi connectivity index (χ0) is 18.6. The number of ether oxygens (including phenoxy) is 1. The van der Waals surface area contributed by atoms with Crippen LogP contribution in [-0.2, 0) is 11.3 Å². The highest BCUT2D eigenvalue weighted by Crippen LogP contribution is 2.32. The van der Waals surface area contributed by atoms with Crippen molar-refractivity contribution in [3.63, 3.8) is 0 Å². The molecule has 0 aliphatic carbocycles. The van der Waals surface area contributed by atoms with Gasteiger partial charge >= 0.3 is 0 Å². The van der Waals surface area contributed by atoms with Gasteiger partial charge in [-0.25, -0.2) is 0 Å². The molecule has 0 N–H and O–H groups in total. The number of likely N-dealkylation sites (tertiary alicyclic amines) is 2. The van der Waals surface area contributed by atoms with Crippen LogP contribution in [0.3, 0.4) is 0 Å². The van der Waals surface area contributed by atoms with Gasteiger partial charge in [0.05, 0.1) is 5.02 Å². The van der Waals surface area contributed by atoms with Gasteiger partial charge in [-0.2, -0.15) is 11.3 Å². The first-order valence-electron chi connectivity index (χ1n) is 9.61. The molecule has 0 saturated carbocycles. The summed E-state index contributed by atoms with van der Waals surface area (Å²) >= 11 is 7.88.